The molecule has 0 aliphatic carbocycles. The van der Waals surface area contributed by atoms with Crippen molar-refractivity contribution >= 4 is 6.09 Å². The van der Waals surface area contributed by atoms with Crippen LogP contribution in [-0.2, 0) is 4.74 Å². The van der Waals surface area contributed by atoms with Crippen molar-refractivity contribution in [2.75, 3.05) is 13.2 Å². The molecule has 3 atom stereocenters. The van der Waals surface area contributed by atoms with Gasteiger partial charge in [-0.05, 0) is 30.9 Å². The lowest BCUT2D eigenvalue weighted by Gasteiger charge is -2.23. The summed E-state index contributed by atoms with van der Waals surface area (Å²) in [4.78, 5) is 12.0. The number of aliphatic hydroxyl groups is 1. The number of hydrogen-bond acceptors (Lipinski definition) is 5. The van der Waals surface area contributed by atoms with Crippen LogP contribution in [0.1, 0.15) is 26.7 Å². The first-order valence-electron chi connectivity index (χ1n) is 8.11. The maximum Gasteiger partial charge on any atom is 0.412 e. The van der Waals surface area contributed by atoms with Crippen LogP contribution in [0.25, 0.3) is 0 Å². The first kappa shape index (κ1) is 17.7. The van der Waals surface area contributed by atoms with Crippen molar-refractivity contribution in [1.29, 1.82) is 0 Å². The van der Waals surface area contributed by atoms with Gasteiger partial charge in [0.25, 0.3) is 0 Å². The molecule has 0 aromatic heterocycles. The second kappa shape index (κ2) is 8.86. The van der Waals surface area contributed by atoms with E-state index in [1.54, 1.807) is 12.1 Å². The number of carbonyl (C=O) groups excluding carboxylic acids is 1. The zero-order chi connectivity index (χ0) is 16.7. The van der Waals surface area contributed by atoms with E-state index in [0.717, 1.165) is 12.8 Å². The minimum absolute atomic E-state index is 0.0704. The Morgan fingerprint density at radius 2 is 2.13 bits per heavy atom. The Morgan fingerprint density at radius 3 is 2.74 bits per heavy atom. The summed E-state index contributed by atoms with van der Waals surface area (Å²) >= 11 is 0. The van der Waals surface area contributed by atoms with Gasteiger partial charge >= 0.3 is 6.09 Å². The monoisotopic (exact) mass is 322 g/mol. The Bertz CT molecular complexity index is 481. The number of hydrogen-bond donors (Lipinski definition) is 3. The second-order valence-corrected chi connectivity index (χ2v) is 6.24. The maximum absolute atomic E-state index is 12.0. The van der Waals surface area contributed by atoms with Gasteiger partial charge in [0.15, 0.2) is 6.29 Å². The van der Waals surface area contributed by atoms with Crippen molar-refractivity contribution in [2.24, 2.45) is 5.92 Å². The largest absolute Gasteiger partial charge is 0.412 e. The zero-order valence-corrected chi connectivity index (χ0v) is 13.7. The highest BCUT2D eigenvalue weighted by molar-refractivity contribution is 5.70. The number of amides is 1. The Kier molecular flexibility index (Phi) is 6.83. The van der Waals surface area contributed by atoms with Crippen LogP contribution in [0.4, 0.5) is 4.79 Å². The fraction of sp³-hybridized carbons (Fsp3) is 0.588. The van der Waals surface area contributed by atoms with Gasteiger partial charge in [0.2, 0.25) is 0 Å². The quantitative estimate of drug-likeness (QED) is 0.714. The highest BCUT2D eigenvalue weighted by atomic mass is 16.6. The molecular formula is C17H26N2O4. The zero-order valence-electron chi connectivity index (χ0n) is 13.7. The first-order chi connectivity index (χ1) is 11.0. The van der Waals surface area contributed by atoms with Gasteiger partial charge in [-0.15, -0.1) is 0 Å². The second-order valence-electron chi connectivity index (χ2n) is 6.24. The third-order valence-corrected chi connectivity index (χ3v) is 3.72. The molecule has 1 aliphatic rings. The number of rotatable bonds is 7. The summed E-state index contributed by atoms with van der Waals surface area (Å²) in [6.45, 7) is 5.32. The molecule has 2 rings (SSSR count). The molecule has 1 unspecified atom stereocenters. The van der Waals surface area contributed by atoms with Crippen molar-refractivity contribution < 1.29 is 19.4 Å². The minimum atomic E-state index is -0.772. The molecule has 6 heteroatoms. The number of para-hydroxylation sites is 1. The summed E-state index contributed by atoms with van der Waals surface area (Å²) in [5.41, 5.74) is 0. The van der Waals surface area contributed by atoms with E-state index < -0.39 is 12.4 Å². The van der Waals surface area contributed by atoms with E-state index in [1.807, 2.05) is 18.2 Å². The number of ether oxygens (including phenoxy) is 2. The topological polar surface area (TPSA) is 79.8 Å². The lowest BCUT2D eigenvalue weighted by Crippen LogP contribution is -2.48. The van der Waals surface area contributed by atoms with Gasteiger partial charge in [-0.2, -0.15) is 0 Å². The van der Waals surface area contributed by atoms with Crippen LogP contribution in [0.2, 0.25) is 0 Å². The van der Waals surface area contributed by atoms with Gasteiger partial charge in [0, 0.05) is 12.6 Å². The number of benzene rings is 1. The van der Waals surface area contributed by atoms with Gasteiger partial charge in [0.05, 0.1) is 12.6 Å². The van der Waals surface area contributed by atoms with Crippen molar-refractivity contribution in [1.82, 2.24) is 10.6 Å². The van der Waals surface area contributed by atoms with E-state index in [2.05, 4.69) is 24.5 Å². The number of aliphatic hydroxyl groups excluding tert-OH is 1. The Labute approximate surface area is 137 Å². The third-order valence-electron chi connectivity index (χ3n) is 3.72. The van der Waals surface area contributed by atoms with Crippen molar-refractivity contribution in [3.63, 3.8) is 0 Å². The highest BCUT2D eigenvalue weighted by Crippen LogP contribution is 2.12. The third kappa shape index (κ3) is 6.17. The smallest absolute Gasteiger partial charge is 0.410 e. The van der Waals surface area contributed by atoms with Crippen LogP contribution in [0.3, 0.4) is 0 Å². The van der Waals surface area contributed by atoms with Crippen LogP contribution in [0, 0.1) is 5.92 Å². The molecule has 1 aromatic rings. The number of carbonyl (C=O) groups is 1. The van der Waals surface area contributed by atoms with Crippen molar-refractivity contribution in [3.05, 3.63) is 30.3 Å². The molecule has 1 saturated heterocycles. The molecule has 0 radical (unpaired) electrons. The van der Waals surface area contributed by atoms with Crippen LogP contribution in [0.5, 0.6) is 5.75 Å². The van der Waals surface area contributed by atoms with Crippen LogP contribution in [0.15, 0.2) is 30.3 Å². The Morgan fingerprint density at radius 1 is 1.39 bits per heavy atom. The van der Waals surface area contributed by atoms with Crippen molar-refractivity contribution in [3.8, 4) is 5.75 Å². The first-order valence-corrected chi connectivity index (χ1v) is 8.11. The molecule has 1 amide bonds. The predicted molar refractivity (Wildman–Crippen MR) is 87.2 cm³/mol. The van der Waals surface area contributed by atoms with Gasteiger partial charge in [-0.25, -0.2) is 4.79 Å². The molecule has 6 nitrogen and oxygen atoms in total. The Balaban J connectivity index is 1.83. The molecule has 0 saturated carbocycles. The fourth-order valence-corrected chi connectivity index (χ4v) is 2.63. The summed E-state index contributed by atoms with van der Waals surface area (Å²) in [5.74, 6) is 0.949. The van der Waals surface area contributed by atoms with Crippen molar-refractivity contribution in [2.45, 2.75) is 45.1 Å². The van der Waals surface area contributed by atoms with E-state index in [9.17, 15) is 9.90 Å². The van der Waals surface area contributed by atoms with Gasteiger partial charge in [-0.1, -0.05) is 32.0 Å². The van der Waals surface area contributed by atoms with Gasteiger partial charge in [-0.3, -0.25) is 0 Å². The molecule has 1 aromatic carbocycles. The summed E-state index contributed by atoms with van der Waals surface area (Å²) in [6, 6.07) is 8.82. The van der Waals surface area contributed by atoms with E-state index in [4.69, 9.17) is 9.47 Å². The molecule has 1 fully saturated rings. The molecule has 3 N–H and O–H groups in total. The van der Waals surface area contributed by atoms with Crippen LogP contribution in [-0.4, -0.2) is 42.7 Å². The summed E-state index contributed by atoms with van der Waals surface area (Å²) in [6.07, 6.45) is 0.350. The van der Waals surface area contributed by atoms with E-state index in [0.29, 0.717) is 24.8 Å². The van der Waals surface area contributed by atoms with E-state index >= 15 is 0 Å². The fourth-order valence-electron chi connectivity index (χ4n) is 2.63. The molecule has 23 heavy (non-hydrogen) atoms. The summed E-state index contributed by atoms with van der Waals surface area (Å²) in [5, 5.41) is 15.8. The maximum atomic E-state index is 12.0. The highest BCUT2D eigenvalue weighted by Gasteiger charge is 2.26. The normalized spacial score (nSPS) is 22.1. The molecule has 128 valence electrons. The lowest BCUT2D eigenvalue weighted by molar-refractivity contribution is -0.0718. The Hall–Kier alpha value is -1.63. The van der Waals surface area contributed by atoms with E-state index in [-0.39, 0.29) is 12.1 Å². The predicted octanol–water partition coefficient (Wildman–Crippen LogP) is 1.89. The molecule has 1 heterocycles. The van der Waals surface area contributed by atoms with Crippen LogP contribution < -0.4 is 15.4 Å². The lowest BCUT2D eigenvalue weighted by atomic mass is 10.0. The van der Waals surface area contributed by atoms with Gasteiger partial charge in [0.1, 0.15) is 5.75 Å². The average molecular weight is 322 g/mol. The number of nitrogens with one attached hydrogen (secondary N) is 2. The standard InChI is InChI=1S/C17H26N2O4/c1-12(2)10-13(11-18-15-8-9-22-16(15)20)19-17(21)23-14-6-4-3-5-7-14/h3-7,12-13,15-16,18,20H,8-11H2,1-2H3,(H,19,21)/t13-,15+,16?/m1/s1. The molecule has 1 aliphatic heterocycles. The molecular weight excluding hydrogens is 296 g/mol. The van der Waals surface area contributed by atoms with E-state index in [1.165, 1.54) is 0 Å². The average Bonchev–Trinajstić information content (AvgIpc) is 2.90. The minimum Gasteiger partial charge on any atom is -0.410 e. The summed E-state index contributed by atoms with van der Waals surface area (Å²) < 4.78 is 10.4. The summed E-state index contributed by atoms with van der Waals surface area (Å²) in [7, 11) is 0. The van der Waals surface area contributed by atoms with Crippen LogP contribution >= 0.6 is 0 Å². The molecule has 0 spiro atoms. The molecule has 0 bridgehead atoms. The van der Waals surface area contributed by atoms with Gasteiger partial charge < -0.3 is 25.2 Å². The SMILES string of the molecule is CC(C)C[C@H](CN[C@H]1CCOC1O)NC(=O)Oc1ccccc1.